The largest absolute Gasteiger partial charge is 0.493 e. The van der Waals surface area contributed by atoms with Crippen LogP contribution in [0.1, 0.15) is 25.3 Å². The zero-order valence-electron chi connectivity index (χ0n) is 12.8. The third-order valence-electron chi connectivity index (χ3n) is 3.92. The van der Waals surface area contributed by atoms with Gasteiger partial charge in [-0.25, -0.2) is 0 Å². The van der Waals surface area contributed by atoms with Crippen LogP contribution in [0.2, 0.25) is 0 Å². The van der Waals surface area contributed by atoms with Crippen LogP contribution in [0.4, 0.5) is 0 Å². The highest BCUT2D eigenvalue weighted by molar-refractivity contribution is 5.86. The molecule has 1 saturated carbocycles. The molecule has 1 fully saturated rings. The van der Waals surface area contributed by atoms with Crippen molar-refractivity contribution in [2.75, 3.05) is 13.7 Å². The Morgan fingerprint density at radius 3 is 2.55 bits per heavy atom. The third kappa shape index (κ3) is 3.50. The zero-order chi connectivity index (χ0) is 16.1. The minimum absolute atomic E-state index is 0.201. The summed E-state index contributed by atoms with van der Waals surface area (Å²) in [5, 5.41) is 11.8. The molecule has 0 heterocycles. The highest BCUT2D eigenvalue weighted by Crippen LogP contribution is 2.34. The van der Waals surface area contributed by atoms with E-state index in [-0.39, 0.29) is 5.91 Å². The second-order valence-electron chi connectivity index (χ2n) is 5.26. The lowest BCUT2D eigenvalue weighted by atomic mass is 9.73. The SMILES string of the molecule is CCOc1cc(CNC(=O)C2CCC2C(=O)O)ccc1OC. The maximum atomic E-state index is 12.0. The number of carbonyl (C=O) groups is 2. The number of hydrogen-bond donors (Lipinski definition) is 2. The van der Waals surface area contributed by atoms with Gasteiger partial charge in [0.2, 0.25) is 5.91 Å². The third-order valence-corrected chi connectivity index (χ3v) is 3.92. The maximum Gasteiger partial charge on any atom is 0.307 e. The fourth-order valence-corrected chi connectivity index (χ4v) is 2.53. The predicted molar refractivity (Wildman–Crippen MR) is 79.9 cm³/mol. The van der Waals surface area contributed by atoms with Gasteiger partial charge in [-0.05, 0) is 37.5 Å². The molecular formula is C16H21NO5. The molecule has 1 aromatic carbocycles. The van der Waals surface area contributed by atoms with E-state index in [9.17, 15) is 9.59 Å². The Kier molecular flexibility index (Phi) is 5.25. The number of aliphatic carboxylic acids is 1. The van der Waals surface area contributed by atoms with Gasteiger partial charge < -0.3 is 19.9 Å². The molecule has 0 spiro atoms. The number of hydrogen-bond acceptors (Lipinski definition) is 4. The number of rotatable bonds is 7. The fourth-order valence-electron chi connectivity index (χ4n) is 2.53. The topological polar surface area (TPSA) is 84.9 Å². The second-order valence-corrected chi connectivity index (χ2v) is 5.26. The molecule has 2 rings (SSSR count). The van der Waals surface area contributed by atoms with E-state index in [2.05, 4.69) is 5.32 Å². The summed E-state index contributed by atoms with van der Waals surface area (Å²) in [7, 11) is 1.57. The van der Waals surface area contributed by atoms with Crippen LogP contribution in [0.25, 0.3) is 0 Å². The number of nitrogens with one attached hydrogen (secondary N) is 1. The molecule has 2 N–H and O–H groups in total. The molecule has 120 valence electrons. The molecule has 6 nitrogen and oxygen atoms in total. The molecule has 0 bridgehead atoms. The first-order valence-electron chi connectivity index (χ1n) is 7.37. The molecule has 6 heteroatoms. The van der Waals surface area contributed by atoms with Crippen LogP contribution in [0, 0.1) is 11.8 Å². The molecule has 2 unspecified atom stereocenters. The van der Waals surface area contributed by atoms with Crippen molar-refractivity contribution >= 4 is 11.9 Å². The molecule has 2 atom stereocenters. The van der Waals surface area contributed by atoms with Crippen molar-refractivity contribution in [1.29, 1.82) is 0 Å². The van der Waals surface area contributed by atoms with Crippen molar-refractivity contribution in [3.05, 3.63) is 23.8 Å². The van der Waals surface area contributed by atoms with Crippen LogP contribution in [0.3, 0.4) is 0 Å². The minimum atomic E-state index is -0.894. The molecule has 22 heavy (non-hydrogen) atoms. The van der Waals surface area contributed by atoms with Crippen molar-refractivity contribution < 1.29 is 24.2 Å². The number of ether oxygens (including phenoxy) is 2. The Hall–Kier alpha value is -2.24. The molecule has 1 aromatic rings. The summed E-state index contributed by atoms with van der Waals surface area (Å²) < 4.78 is 10.7. The lowest BCUT2D eigenvalue weighted by Crippen LogP contribution is -2.43. The van der Waals surface area contributed by atoms with Gasteiger partial charge in [-0.3, -0.25) is 9.59 Å². The van der Waals surface area contributed by atoms with Gasteiger partial charge in [0.1, 0.15) is 0 Å². The number of benzene rings is 1. The summed E-state index contributed by atoms with van der Waals surface area (Å²) >= 11 is 0. The van der Waals surface area contributed by atoms with E-state index in [0.717, 1.165) is 5.56 Å². The smallest absolute Gasteiger partial charge is 0.307 e. The van der Waals surface area contributed by atoms with Crippen LogP contribution in [-0.2, 0) is 16.1 Å². The van der Waals surface area contributed by atoms with Crippen molar-refractivity contribution in [2.45, 2.75) is 26.3 Å². The summed E-state index contributed by atoms with van der Waals surface area (Å²) in [6.07, 6.45) is 1.21. The average molecular weight is 307 g/mol. The summed E-state index contributed by atoms with van der Waals surface area (Å²) in [5.74, 6) is -0.787. The highest BCUT2D eigenvalue weighted by Gasteiger charge is 2.41. The van der Waals surface area contributed by atoms with Gasteiger partial charge in [0.25, 0.3) is 0 Å². The van der Waals surface area contributed by atoms with Gasteiger partial charge in [0.05, 0.1) is 25.6 Å². The van der Waals surface area contributed by atoms with Gasteiger partial charge in [-0.15, -0.1) is 0 Å². The van der Waals surface area contributed by atoms with Crippen molar-refractivity contribution in [3.63, 3.8) is 0 Å². The first-order chi connectivity index (χ1) is 10.6. The maximum absolute atomic E-state index is 12.0. The van der Waals surface area contributed by atoms with Crippen LogP contribution < -0.4 is 14.8 Å². The summed E-state index contributed by atoms with van der Waals surface area (Å²) in [6.45, 7) is 2.75. The number of amides is 1. The number of methoxy groups -OCH3 is 1. The van der Waals surface area contributed by atoms with E-state index in [0.29, 0.717) is 37.5 Å². The minimum Gasteiger partial charge on any atom is -0.493 e. The van der Waals surface area contributed by atoms with Crippen LogP contribution >= 0.6 is 0 Å². The van der Waals surface area contributed by atoms with E-state index >= 15 is 0 Å². The fraction of sp³-hybridized carbons (Fsp3) is 0.500. The van der Waals surface area contributed by atoms with E-state index < -0.39 is 17.8 Å². The Labute approximate surface area is 129 Å². The Balaban J connectivity index is 1.95. The summed E-state index contributed by atoms with van der Waals surface area (Å²) in [5.41, 5.74) is 0.879. The Bertz CT molecular complexity index is 557. The van der Waals surface area contributed by atoms with E-state index in [1.807, 2.05) is 19.1 Å². The van der Waals surface area contributed by atoms with Gasteiger partial charge in [0.15, 0.2) is 11.5 Å². The monoisotopic (exact) mass is 307 g/mol. The predicted octanol–water partition coefficient (Wildman–Crippen LogP) is 1.82. The lowest BCUT2D eigenvalue weighted by Gasteiger charge is -2.31. The van der Waals surface area contributed by atoms with Gasteiger partial charge in [-0.1, -0.05) is 6.07 Å². The number of carbonyl (C=O) groups excluding carboxylic acids is 1. The van der Waals surface area contributed by atoms with E-state index in [4.69, 9.17) is 14.6 Å². The summed E-state index contributed by atoms with van der Waals surface area (Å²) in [4.78, 5) is 23.0. The number of carboxylic acids is 1. The molecule has 0 aliphatic heterocycles. The van der Waals surface area contributed by atoms with E-state index in [1.54, 1.807) is 13.2 Å². The van der Waals surface area contributed by atoms with Crippen molar-refractivity contribution in [3.8, 4) is 11.5 Å². The molecule has 0 saturated heterocycles. The lowest BCUT2D eigenvalue weighted by molar-refractivity contribution is -0.152. The van der Waals surface area contributed by atoms with Crippen LogP contribution in [-0.4, -0.2) is 30.7 Å². The highest BCUT2D eigenvalue weighted by atomic mass is 16.5. The molecule has 1 aliphatic rings. The molecule has 1 aliphatic carbocycles. The molecular weight excluding hydrogens is 286 g/mol. The van der Waals surface area contributed by atoms with Gasteiger partial charge >= 0.3 is 5.97 Å². The van der Waals surface area contributed by atoms with Crippen molar-refractivity contribution in [2.24, 2.45) is 11.8 Å². The molecule has 0 radical (unpaired) electrons. The van der Waals surface area contributed by atoms with Crippen LogP contribution in [0.5, 0.6) is 11.5 Å². The summed E-state index contributed by atoms with van der Waals surface area (Å²) in [6, 6.07) is 5.45. The zero-order valence-corrected chi connectivity index (χ0v) is 12.8. The van der Waals surface area contributed by atoms with E-state index in [1.165, 1.54) is 0 Å². The van der Waals surface area contributed by atoms with Gasteiger partial charge in [0, 0.05) is 6.54 Å². The first kappa shape index (κ1) is 16.1. The first-order valence-corrected chi connectivity index (χ1v) is 7.37. The van der Waals surface area contributed by atoms with Gasteiger partial charge in [-0.2, -0.15) is 0 Å². The normalized spacial score (nSPS) is 19.9. The van der Waals surface area contributed by atoms with Crippen LogP contribution in [0.15, 0.2) is 18.2 Å². The quantitative estimate of drug-likeness (QED) is 0.802. The van der Waals surface area contributed by atoms with Crippen molar-refractivity contribution in [1.82, 2.24) is 5.32 Å². The molecule has 1 amide bonds. The average Bonchev–Trinajstić information content (AvgIpc) is 2.44. The molecule has 0 aromatic heterocycles. The Morgan fingerprint density at radius 1 is 1.27 bits per heavy atom. The number of carboxylic acid groups (broad SMARTS) is 1. The standard InChI is InChI=1S/C16H21NO5/c1-3-22-14-8-10(4-7-13(14)21-2)9-17-15(18)11-5-6-12(11)16(19)20/h4,7-8,11-12H,3,5-6,9H2,1-2H3,(H,17,18)(H,19,20). The second kappa shape index (κ2) is 7.15. The Morgan fingerprint density at radius 2 is 2.00 bits per heavy atom.